The van der Waals surface area contributed by atoms with E-state index in [1.54, 1.807) is 13.1 Å². The Labute approximate surface area is 102 Å². The summed E-state index contributed by atoms with van der Waals surface area (Å²) in [6.45, 7) is 0.161. The topological polar surface area (TPSA) is 83.7 Å². The quantitative estimate of drug-likeness (QED) is 0.486. The average Bonchev–Trinajstić information content (AvgIpc) is 2.75. The summed E-state index contributed by atoms with van der Waals surface area (Å²) in [6.07, 6.45) is 2.85. The van der Waals surface area contributed by atoms with Gasteiger partial charge in [0, 0.05) is 30.6 Å². The first-order chi connectivity index (χ1) is 8.04. The summed E-state index contributed by atoms with van der Waals surface area (Å²) >= 11 is 1.00. The first-order valence-corrected chi connectivity index (χ1v) is 5.64. The van der Waals surface area contributed by atoms with Gasteiger partial charge in [-0.25, -0.2) is 0 Å². The van der Waals surface area contributed by atoms with Gasteiger partial charge in [-0.1, -0.05) is 11.3 Å². The van der Waals surface area contributed by atoms with Crippen molar-refractivity contribution < 1.29 is 14.8 Å². The summed E-state index contributed by atoms with van der Waals surface area (Å²) in [6, 6.07) is 2.98. The standard InChI is InChI=1S/C10H12N2O4S/c1-11(6-7-13)9(14)4-2-8-3-5-10(17-8)12(15)16/h2-5,13H,6-7H2,1H3/b4-2+. The van der Waals surface area contributed by atoms with Gasteiger partial charge in [0.2, 0.25) is 5.91 Å². The maximum atomic E-state index is 11.4. The van der Waals surface area contributed by atoms with Crippen molar-refractivity contribution in [2.75, 3.05) is 20.2 Å². The summed E-state index contributed by atoms with van der Waals surface area (Å²) in [5, 5.41) is 19.1. The van der Waals surface area contributed by atoms with Gasteiger partial charge in [0.1, 0.15) is 0 Å². The van der Waals surface area contributed by atoms with E-state index in [0.29, 0.717) is 4.88 Å². The SMILES string of the molecule is CN(CCO)C(=O)/C=C/c1ccc([N+](=O)[O-])s1. The summed E-state index contributed by atoms with van der Waals surface area (Å²) in [5.74, 6) is -0.255. The second-order valence-electron chi connectivity index (χ2n) is 3.25. The first kappa shape index (κ1) is 13.3. The highest BCUT2D eigenvalue weighted by molar-refractivity contribution is 7.16. The monoisotopic (exact) mass is 256 g/mol. The Kier molecular flexibility index (Phi) is 4.80. The molecule has 0 atom stereocenters. The fraction of sp³-hybridized carbons (Fsp3) is 0.300. The van der Waals surface area contributed by atoms with Gasteiger partial charge in [0.05, 0.1) is 11.5 Å². The lowest BCUT2D eigenvalue weighted by Crippen LogP contribution is -2.27. The first-order valence-electron chi connectivity index (χ1n) is 4.83. The minimum atomic E-state index is -0.471. The molecule has 1 aromatic heterocycles. The molecule has 0 aliphatic rings. The molecule has 0 saturated carbocycles. The number of hydrogen-bond donors (Lipinski definition) is 1. The molecule has 0 unspecified atom stereocenters. The second kappa shape index (κ2) is 6.12. The Morgan fingerprint density at radius 1 is 1.65 bits per heavy atom. The van der Waals surface area contributed by atoms with Gasteiger partial charge >= 0.3 is 5.00 Å². The number of nitro groups is 1. The van der Waals surface area contributed by atoms with Crippen molar-refractivity contribution in [3.63, 3.8) is 0 Å². The van der Waals surface area contributed by atoms with Crippen LogP contribution >= 0.6 is 11.3 Å². The minimum absolute atomic E-state index is 0.0424. The van der Waals surface area contributed by atoms with Crippen molar-refractivity contribution in [1.82, 2.24) is 4.90 Å². The third-order valence-electron chi connectivity index (χ3n) is 1.99. The van der Waals surface area contributed by atoms with Crippen molar-refractivity contribution in [1.29, 1.82) is 0 Å². The molecule has 7 heteroatoms. The number of carbonyl (C=O) groups is 1. The fourth-order valence-corrected chi connectivity index (χ4v) is 1.80. The maximum absolute atomic E-state index is 11.4. The molecule has 1 aromatic rings. The van der Waals surface area contributed by atoms with Gasteiger partial charge in [-0.05, 0) is 12.1 Å². The number of aliphatic hydroxyl groups is 1. The van der Waals surface area contributed by atoms with E-state index in [9.17, 15) is 14.9 Å². The van der Waals surface area contributed by atoms with Gasteiger partial charge in [-0.2, -0.15) is 0 Å². The number of hydrogen-bond acceptors (Lipinski definition) is 5. The Bertz CT molecular complexity index is 441. The van der Waals surface area contributed by atoms with Crippen LogP contribution < -0.4 is 0 Å². The molecule has 0 fully saturated rings. The predicted molar refractivity (Wildman–Crippen MR) is 64.7 cm³/mol. The van der Waals surface area contributed by atoms with Crippen LogP contribution in [0.5, 0.6) is 0 Å². The third kappa shape index (κ3) is 3.97. The van der Waals surface area contributed by atoms with Crippen molar-refractivity contribution in [3.8, 4) is 0 Å². The molecule has 1 rings (SSSR count). The lowest BCUT2D eigenvalue weighted by atomic mass is 10.4. The minimum Gasteiger partial charge on any atom is -0.395 e. The van der Waals surface area contributed by atoms with E-state index in [0.717, 1.165) is 11.3 Å². The molecular weight excluding hydrogens is 244 g/mol. The Balaban J connectivity index is 2.63. The van der Waals surface area contributed by atoms with Crippen LogP contribution in [0.4, 0.5) is 5.00 Å². The van der Waals surface area contributed by atoms with Crippen LogP contribution in [-0.2, 0) is 4.79 Å². The summed E-state index contributed by atoms with van der Waals surface area (Å²) in [5.41, 5.74) is 0. The highest BCUT2D eigenvalue weighted by Gasteiger charge is 2.08. The highest BCUT2D eigenvalue weighted by Crippen LogP contribution is 2.24. The zero-order valence-electron chi connectivity index (χ0n) is 9.20. The van der Waals surface area contributed by atoms with E-state index in [-0.39, 0.29) is 24.1 Å². The molecule has 0 aliphatic carbocycles. The van der Waals surface area contributed by atoms with Crippen molar-refractivity contribution >= 4 is 28.3 Å². The third-order valence-corrected chi connectivity index (χ3v) is 3.00. The Morgan fingerprint density at radius 3 is 2.88 bits per heavy atom. The number of rotatable bonds is 5. The van der Waals surface area contributed by atoms with Crippen molar-refractivity contribution in [2.24, 2.45) is 0 Å². The van der Waals surface area contributed by atoms with Crippen LogP contribution in [0.15, 0.2) is 18.2 Å². The van der Waals surface area contributed by atoms with Crippen LogP contribution in [-0.4, -0.2) is 41.0 Å². The van der Waals surface area contributed by atoms with Gasteiger partial charge in [-0.15, -0.1) is 0 Å². The summed E-state index contributed by atoms with van der Waals surface area (Å²) < 4.78 is 0. The van der Waals surface area contributed by atoms with Crippen LogP contribution in [0, 0.1) is 10.1 Å². The van der Waals surface area contributed by atoms with E-state index in [1.165, 1.54) is 23.1 Å². The predicted octanol–water partition coefficient (Wildman–Crippen LogP) is 1.12. The molecule has 92 valence electrons. The van der Waals surface area contributed by atoms with Crippen molar-refractivity contribution in [2.45, 2.75) is 0 Å². The van der Waals surface area contributed by atoms with E-state index in [1.807, 2.05) is 0 Å². The van der Waals surface area contributed by atoms with Crippen LogP contribution in [0.2, 0.25) is 0 Å². The van der Waals surface area contributed by atoms with Crippen molar-refractivity contribution in [3.05, 3.63) is 33.2 Å². The summed E-state index contributed by atoms with van der Waals surface area (Å²) in [4.78, 5) is 23.4. The Hall–Kier alpha value is -1.73. The smallest absolute Gasteiger partial charge is 0.324 e. The van der Waals surface area contributed by atoms with Crippen LogP contribution in [0.1, 0.15) is 4.88 Å². The van der Waals surface area contributed by atoms with Crippen LogP contribution in [0.25, 0.3) is 6.08 Å². The number of thiophene rings is 1. The van der Waals surface area contributed by atoms with E-state index < -0.39 is 4.92 Å². The number of aliphatic hydroxyl groups excluding tert-OH is 1. The molecule has 0 radical (unpaired) electrons. The molecule has 0 saturated heterocycles. The molecule has 0 aliphatic heterocycles. The van der Waals surface area contributed by atoms with Gasteiger partial charge in [0.15, 0.2) is 0 Å². The number of nitrogens with zero attached hydrogens (tertiary/aromatic N) is 2. The molecule has 6 nitrogen and oxygen atoms in total. The van der Waals surface area contributed by atoms with E-state index in [4.69, 9.17) is 5.11 Å². The van der Waals surface area contributed by atoms with E-state index >= 15 is 0 Å². The number of carbonyl (C=O) groups excluding carboxylic acids is 1. The van der Waals surface area contributed by atoms with Gasteiger partial charge in [-0.3, -0.25) is 14.9 Å². The van der Waals surface area contributed by atoms with Gasteiger partial charge in [0.25, 0.3) is 0 Å². The molecular formula is C10H12N2O4S. The fourth-order valence-electron chi connectivity index (χ4n) is 1.07. The largest absolute Gasteiger partial charge is 0.395 e. The lowest BCUT2D eigenvalue weighted by Gasteiger charge is -2.12. The van der Waals surface area contributed by atoms with E-state index in [2.05, 4.69) is 0 Å². The number of likely N-dealkylation sites (N-methyl/N-ethyl adjacent to an activating group) is 1. The highest BCUT2D eigenvalue weighted by atomic mass is 32.1. The summed E-state index contributed by atoms with van der Waals surface area (Å²) in [7, 11) is 1.57. The molecule has 0 aromatic carbocycles. The lowest BCUT2D eigenvalue weighted by molar-refractivity contribution is -0.380. The molecule has 1 amide bonds. The zero-order valence-corrected chi connectivity index (χ0v) is 10.0. The Morgan fingerprint density at radius 2 is 2.35 bits per heavy atom. The average molecular weight is 256 g/mol. The normalized spacial score (nSPS) is 10.7. The van der Waals surface area contributed by atoms with Gasteiger partial charge < -0.3 is 10.0 Å². The molecule has 1 N–H and O–H groups in total. The maximum Gasteiger partial charge on any atom is 0.324 e. The zero-order chi connectivity index (χ0) is 12.8. The second-order valence-corrected chi connectivity index (χ2v) is 4.34. The van der Waals surface area contributed by atoms with Crippen LogP contribution in [0.3, 0.4) is 0 Å². The molecule has 0 bridgehead atoms. The molecule has 17 heavy (non-hydrogen) atoms. The number of amides is 1. The molecule has 0 spiro atoms. The molecule has 1 heterocycles.